The lowest BCUT2D eigenvalue weighted by molar-refractivity contribution is -0.290. The Morgan fingerprint density at radius 3 is 1.34 bits per heavy atom. The summed E-state index contributed by atoms with van der Waals surface area (Å²) in [4.78, 5) is 10.1. The van der Waals surface area contributed by atoms with Gasteiger partial charge in [-0.25, -0.2) is 9.98 Å². The van der Waals surface area contributed by atoms with Gasteiger partial charge in [0.05, 0.1) is 5.71 Å². The maximum absolute atomic E-state index is 16.9. The summed E-state index contributed by atoms with van der Waals surface area (Å²) in [5.74, 6) is -5.21. The van der Waals surface area contributed by atoms with E-state index in [2.05, 4.69) is 62.3 Å². The number of benzene rings is 4. The molecule has 5 aromatic rings. The zero-order valence-electron chi connectivity index (χ0n) is 37.7. The van der Waals surface area contributed by atoms with Crippen molar-refractivity contribution in [1.29, 1.82) is 0 Å². The average molecular weight is 852 g/mol. The molecule has 2 heterocycles. The molecule has 0 aliphatic carbocycles. The van der Waals surface area contributed by atoms with Gasteiger partial charge in [0.15, 0.2) is 5.84 Å². The highest BCUT2D eigenvalue weighted by atomic mass is 19.4. The average Bonchev–Trinajstić information content (AvgIpc) is 3.78. The van der Waals surface area contributed by atoms with Gasteiger partial charge in [0.2, 0.25) is 0 Å². The second kappa shape index (κ2) is 16.5. The van der Waals surface area contributed by atoms with Crippen molar-refractivity contribution in [1.82, 2.24) is 4.48 Å². The SMILES string of the molecule is CC(C)(C)c1ccc(C2=CC(c3ccc(C(C)(C)C)cc3)=N/C2=N\c2c(-c3ccc(C(C)(C)C)cc3)cc(-c3ccc(C(C)(C)C)cc3)n2B(F)OCC(F)(F)C(F)(F)F)cc1. The number of hydrogen-bond acceptors (Lipinski definition) is 2. The Balaban J connectivity index is 1.64. The van der Waals surface area contributed by atoms with E-state index in [1.54, 1.807) is 18.2 Å². The number of amidine groups is 1. The molecule has 0 fully saturated rings. The van der Waals surface area contributed by atoms with E-state index < -0.39 is 26.0 Å². The summed E-state index contributed by atoms with van der Waals surface area (Å²) >= 11 is 0. The van der Waals surface area contributed by atoms with Crippen molar-refractivity contribution >= 4 is 30.3 Å². The van der Waals surface area contributed by atoms with Gasteiger partial charge in [-0.2, -0.15) is 22.0 Å². The molecule has 4 nitrogen and oxygen atoms in total. The zero-order chi connectivity index (χ0) is 45.8. The molecule has 1 aliphatic heterocycles. The van der Waals surface area contributed by atoms with Gasteiger partial charge in [-0.15, -0.1) is 0 Å². The third-order valence-corrected chi connectivity index (χ3v) is 11.2. The van der Waals surface area contributed by atoms with E-state index in [0.29, 0.717) is 28.0 Å². The van der Waals surface area contributed by atoms with Crippen LogP contribution in [0.2, 0.25) is 0 Å². The van der Waals surface area contributed by atoms with Crippen molar-refractivity contribution < 1.29 is 30.9 Å². The van der Waals surface area contributed by atoms with Crippen LogP contribution in [0.3, 0.4) is 0 Å². The normalized spacial score (nSPS) is 15.0. The molecule has 0 amide bonds. The number of nitrogens with zero attached hydrogens (tertiary/aromatic N) is 3. The van der Waals surface area contributed by atoms with Crippen molar-refractivity contribution in [3.63, 3.8) is 0 Å². The highest BCUT2D eigenvalue weighted by molar-refractivity contribution is 6.44. The fourth-order valence-electron chi connectivity index (χ4n) is 7.13. The van der Waals surface area contributed by atoms with Gasteiger partial charge in [-0.1, -0.05) is 180 Å². The van der Waals surface area contributed by atoms with E-state index in [1.165, 1.54) is 0 Å². The number of aromatic nitrogens is 1. The zero-order valence-corrected chi connectivity index (χ0v) is 37.7. The van der Waals surface area contributed by atoms with Crippen LogP contribution in [0.25, 0.3) is 28.0 Å². The van der Waals surface area contributed by atoms with Crippen LogP contribution >= 0.6 is 0 Å². The highest BCUT2D eigenvalue weighted by Crippen LogP contribution is 2.43. The minimum Gasteiger partial charge on any atom is -0.382 e. The number of rotatable bonds is 9. The molecule has 0 bridgehead atoms. The van der Waals surface area contributed by atoms with Gasteiger partial charge in [-0.3, -0.25) is 4.32 Å². The van der Waals surface area contributed by atoms with Crippen molar-refractivity contribution in [2.45, 2.75) is 117 Å². The maximum Gasteiger partial charge on any atom is 0.639 e. The van der Waals surface area contributed by atoms with Crippen LogP contribution < -0.4 is 0 Å². The van der Waals surface area contributed by atoms with Gasteiger partial charge in [0.25, 0.3) is 0 Å². The summed E-state index contributed by atoms with van der Waals surface area (Å²) in [6.45, 7) is 22.8. The topological polar surface area (TPSA) is 38.9 Å². The first-order valence-corrected chi connectivity index (χ1v) is 20.8. The molecule has 1 aliphatic rings. The second-order valence-electron chi connectivity index (χ2n) is 20.2. The Morgan fingerprint density at radius 2 is 0.935 bits per heavy atom. The number of allylic oxidation sites excluding steroid dienone is 1. The fraction of sp³-hybridized carbons (Fsp3) is 0.373. The number of hydrogen-bond donors (Lipinski definition) is 0. The predicted molar refractivity (Wildman–Crippen MR) is 244 cm³/mol. The van der Waals surface area contributed by atoms with E-state index in [1.807, 2.05) is 112 Å². The van der Waals surface area contributed by atoms with Crippen LogP contribution in [-0.4, -0.2) is 42.1 Å². The predicted octanol–water partition coefficient (Wildman–Crippen LogP) is 14.6. The van der Waals surface area contributed by atoms with Gasteiger partial charge in [0.1, 0.15) is 12.4 Å². The van der Waals surface area contributed by atoms with Gasteiger partial charge in [-0.05, 0) is 72.7 Å². The Kier molecular flexibility index (Phi) is 12.3. The fourth-order valence-corrected chi connectivity index (χ4v) is 7.13. The molecule has 0 atom stereocenters. The summed E-state index contributed by atoms with van der Waals surface area (Å²) in [5, 5.41) is 0. The summed E-state index contributed by atoms with van der Waals surface area (Å²) in [6, 6.07) is 32.6. The van der Waals surface area contributed by atoms with Crippen molar-refractivity contribution in [3.05, 3.63) is 143 Å². The molecule has 0 saturated heterocycles. The van der Waals surface area contributed by atoms with Crippen LogP contribution in [0.15, 0.2) is 119 Å². The quantitative estimate of drug-likeness (QED) is 0.108. The van der Waals surface area contributed by atoms with Crippen LogP contribution in [-0.2, 0) is 26.3 Å². The molecule has 0 unspecified atom stereocenters. The number of aliphatic imine (C=N–C) groups is 2. The van der Waals surface area contributed by atoms with Crippen LogP contribution in [0, 0.1) is 0 Å². The molecule has 1 aromatic heterocycles. The van der Waals surface area contributed by atoms with Crippen LogP contribution in [0.4, 0.5) is 32.1 Å². The van der Waals surface area contributed by atoms with Crippen molar-refractivity contribution in [3.8, 4) is 22.4 Å². The van der Waals surface area contributed by atoms with E-state index >= 15 is 4.32 Å². The lowest BCUT2D eigenvalue weighted by Gasteiger charge is -2.22. The summed E-state index contributed by atoms with van der Waals surface area (Å²) in [6.07, 6.45) is -4.05. The maximum atomic E-state index is 16.9. The largest absolute Gasteiger partial charge is 0.639 e. The van der Waals surface area contributed by atoms with Crippen molar-refractivity contribution in [2.75, 3.05) is 6.61 Å². The Bertz CT molecular complexity index is 2480. The molecule has 11 heteroatoms. The monoisotopic (exact) mass is 851 g/mol. The van der Waals surface area contributed by atoms with E-state index in [4.69, 9.17) is 14.6 Å². The molecule has 0 spiro atoms. The second-order valence-corrected chi connectivity index (χ2v) is 20.2. The molecular formula is C51H56BF6N3O. The molecular weight excluding hydrogens is 795 g/mol. The Labute approximate surface area is 363 Å². The summed E-state index contributed by atoms with van der Waals surface area (Å²) in [7, 11) is -2.82. The molecule has 0 saturated carbocycles. The van der Waals surface area contributed by atoms with E-state index in [-0.39, 0.29) is 39.0 Å². The summed E-state index contributed by atoms with van der Waals surface area (Å²) < 4.78 is 91.7. The van der Waals surface area contributed by atoms with Gasteiger partial charge < -0.3 is 9.13 Å². The molecule has 326 valence electrons. The summed E-state index contributed by atoms with van der Waals surface area (Å²) in [5.41, 5.74) is 7.98. The van der Waals surface area contributed by atoms with Gasteiger partial charge >= 0.3 is 19.4 Å². The third-order valence-electron chi connectivity index (χ3n) is 11.2. The lowest BCUT2D eigenvalue weighted by Crippen LogP contribution is -2.43. The Morgan fingerprint density at radius 1 is 0.548 bits per heavy atom. The first-order valence-electron chi connectivity index (χ1n) is 20.8. The minimum absolute atomic E-state index is 0.0773. The van der Waals surface area contributed by atoms with Crippen LogP contribution in [0.5, 0.6) is 0 Å². The van der Waals surface area contributed by atoms with E-state index in [0.717, 1.165) is 37.9 Å². The lowest BCUT2D eigenvalue weighted by atomic mass is 9.86. The first-order chi connectivity index (χ1) is 28.5. The van der Waals surface area contributed by atoms with Gasteiger partial charge in [0, 0.05) is 22.4 Å². The van der Waals surface area contributed by atoms with E-state index in [9.17, 15) is 22.0 Å². The smallest absolute Gasteiger partial charge is 0.382 e. The number of halogens is 6. The molecule has 4 aromatic carbocycles. The molecule has 0 N–H and O–H groups in total. The first kappa shape index (κ1) is 46.4. The third kappa shape index (κ3) is 10.0. The number of alkyl halides is 5. The van der Waals surface area contributed by atoms with Crippen LogP contribution in [0.1, 0.15) is 116 Å². The van der Waals surface area contributed by atoms with Crippen molar-refractivity contribution in [2.24, 2.45) is 9.98 Å². The highest BCUT2D eigenvalue weighted by Gasteiger charge is 2.58. The molecule has 0 radical (unpaired) electrons. The molecule has 6 rings (SSSR count). The molecule has 62 heavy (non-hydrogen) atoms. The standard InChI is InChI=1S/C51H56BF6N3O/c1-46(2,3)36-21-13-32(14-22-36)40-29-42(34-17-25-38(26-18-34)48(7,8)9)59-44(40)60-45-41(33-15-23-37(24-16-33)47(4,5)6)30-43(35-19-27-39(28-20-35)49(10,11)12)61(45)52(58)62-31-50(53,54)51(55,56)57/h13-30H,31H2,1-12H3/b60-44-. The minimum atomic E-state index is -5.96. The Hall–Kier alpha value is -5.16.